The fraction of sp³-hybridized carbons (Fsp3) is 0.238. The van der Waals surface area contributed by atoms with Crippen molar-refractivity contribution in [2.24, 2.45) is 0 Å². The molecule has 10 heteroatoms. The predicted octanol–water partition coefficient (Wildman–Crippen LogP) is 5.36. The van der Waals surface area contributed by atoms with Crippen molar-refractivity contribution in [3.8, 4) is 0 Å². The third-order valence-corrected chi connectivity index (χ3v) is 5.66. The van der Waals surface area contributed by atoms with Gasteiger partial charge in [-0.2, -0.15) is 18.2 Å². The van der Waals surface area contributed by atoms with E-state index in [1.54, 1.807) is 18.2 Å². The Morgan fingerprint density at radius 1 is 1.00 bits per heavy atom. The number of sulfonamides is 1. The molecule has 31 heavy (non-hydrogen) atoms. The quantitative estimate of drug-likeness (QED) is 0.565. The second-order valence-electron chi connectivity index (χ2n) is 7.79. The molecular formula is C21H20F3N3O3S. The van der Waals surface area contributed by atoms with Gasteiger partial charge in [-0.3, -0.25) is 4.72 Å². The molecule has 164 valence electrons. The minimum atomic E-state index is -4.73. The molecule has 0 saturated carbocycles. The van der Waals surface area contributed by atoms with Crippen LogP contribution in [0.2, 0.25) is 0 Å². The van der Waals surface area contributed by atoms with E-state index < -0.39 is 22.1 Å². The topological polar surface area (TPSA) is 85.1 Å². The fourth-order valence-electron chi connectivity index (χ4n) is 2.63. The van der Waals surface area contributed by atoms with E-state index in [4.69, 9.17) is 0 Å². The summed E-state index contributed by atoms with van der Waals surface area (Å²) < 4.78 is 69.7. The van der Waals surface area contributed by atoms with Gasteiger partial charge in [-0.05, 0) is 46.9 Å². The third kappa shape index (κ3) is 5.72. The van der Waals surface area contributed by atoms with Crippen LogP contribution in [-0.4, -0.2) is 18.6 Å². The molecule has 1 N–H and O–H groups in total. The van der Waals surface area contributed by atoms with Crippen molar-refractivity contribution in [2.45, 2.75) is 37.3 Å². The lowest BCUT2D eigenvalue weighted by atomic mass is 9.87. The molecule has 0 fully saturated rings. The Morgan fingerprint density at radius 3 is 2.26 bits per heavy atom. The zero-order valence-corrected chi connectivity index (χ0v) is 17.8. The standard InChI is InChI=1S/C21H20F3N3O3S/c1-20(2,3)15-8-10-16(11-9-15)27-31(28,29)17-6-4-5-14(13-17)7-12-18-25-19(30-26-18)21(22,23)24/h4-13,27H,1-3H3/b12-7+. The number of aromatic nitrogens is 2. The lowest BCUT2D eigenvalue weighted by molar-refractivity contribution is -0.159. The SMILES string of the molecule is CC(C)(C)c1ccc(NS(=O)(=O)c2cccc(/C=C/c3noc(C(F)(F)F)n3)c2)cc1. The van der Waals surface area contributed by atoms with Crippen molar-refractivity contribution in [1.82, 2.24) is 10.1 Å². The average molecular weight is 451 g/mol. The van der Waals surface area contributed by atoms with Gasteiger partial charge in [0, 0.05) is 5.69 Å². The summed E-state index contributed by atoms with van der Waals surface area (Å²) in [4.78, 5) is 3.23. The Balaban J connectivity index is 1.77. The molecule has 0 spiro atoms. The number of hydrogen-bond acceptors (Lipinski definition) is 5. The summed E-state index contributed by atoms with van der Waals surface area (Å²) in [7, 11) is -3.86. The largest absolute Gasteiger partial charge is 0.471 e. The van der Waals surface area contributed by atoms with Crippen LogP contribution in [0.15, 0.2) is 57.9 Å². The number of hydrogen-bond donors (Lipinski definition) is 1. The molecule has 0 unspecified atom stereocenters. The second-order valence-corrected chi connectivity index (χ2v) is 9.48. The average Bonchev–Trinajstić information content (AvgIpc) is 3.16. The van der Waals surface area contributed by atoms with Crippen molar-refractivity contribution < 1.29 is 26.1 Å². The van der Waals surface area contributed by atoms with E-state index in [-0.39, 0.29) is 16.1 Å². The zero-order chi connectivity index (χ0) is 22.9. The number of alkyl halides is 3. The summed E-state index contributed by atoms with van der Waals surface area (Å²) in [5.74, 6) is -1.73. The minimum absolute atomic E-state index is 0.00126. The third-order valence-electron chi connectivity index (χ3n) is 4.28. The van der Waals surface area contributed by atoms with Gasteiger partial charge in [0.1, 0.15) is 0 Å². The lowest BCUT2D eigenvalue weighted by Gasteiger charge is -2.19. The molecule has 1 heterocycles. The van der Waals surface area contributed by atoms with Crippen LogP contribution in [0.4, 0.5) is 18.9 Å². The molecule has 2 aromatic carbocycles. The second kappa shape index (κ2) is 8.18. The molecule has 0 bridgehead atoms. The molecule has 0 saturated heterocycles. The maximum Gasteiger partial charge on any atom is 0.471 e. The van der Waals surface area contributed by atoms with E-state index in [0.717, 1.165) is 5.56 Å². The molecule has 0 aliphatic carbocycles. The van der Waals surface area contributed by atoms with Crippen molar-refractivity contribution in [3.63, 3.8) is 0 Å². The van der Waals surface area contributed by atoms with Gasteiger partial charge in [-0.1, -0.05) is 56.3 Å². The van der Waals surface area contributed by atoms with Crippen LogP contribution >= 0.6 is 0 Å². The Labute approximate surface area is 177 Å². The molecular weight excluding hydrogens is 431 g/mol. The molecule has 0 aliphatic rings. The highest BCUT2D eigenvalue weighted by atomic mass is 32.2. The predicted molar refractivity (Wildman–Crippen MR) is 111 cm³/mol. The first-order valence-electron chi connectivity index (χ1n) is 9.17. The number of halogens is 3. The highest BCUT2D eigenvalue weighted by molar-refractivity contribution is 7.92. The van der Waals surface area contributed by atoms with Crippen LogP contribution in [0.3, 0.4) is 0 Å². The maximum atomic E-state index is 12.7. The molecule has 1 aromatic heterocycles. The Morgan fingerprint density at radius 2 is 1.68 bits per heavy atom. The summed E-state index contributed by atoms with van der Waals surface area (Å²) in [6, 6.07) is 13.0. The number of benzene rings is 2. The van der Waals surface area contributed by atoms with E-state index in [1.807, 2.05) is 12.1 Å². The monoisotopic (exact) mass is 451 g/mol. The number of nitrogens with one attached hydrogen (secondary N) is 1. The summed E-state index contributed by atoms with van der Waals surface area (Å²) in [5.41, 5.74) is 1.86. The molecule has 0 radical (unpaired) electrons. The molecule has 0 aliphatic heterocycles. The molecule has 6 nitrogen and oxygen atoms in total. The van der Waals surface area contributed by atoms with E-state index in [1.165, 1.54) is 30.4 Å². The summed E-state index contributed by atoms with van der Waals surface area (Å²) >= 11 is 0. The Hall–Kier alpha value is -3.14. The highest BCUT2D eigenvalue weighted by Gasteiger charge is 2.38. The first-order valence-corrected chi connectivity index (χ1v) is 10.7. The molecule has 0 atom stereocenters. The summed E-state index contributed by atoms with van der Waals surface area (Å²) in [5, 5.41) is 3.23. The van der Waals surface area contributed by atoms with Crippen LogP contribution in [-0.2, 0) is 21.6 Å². The smallest absolute Gasteiger partial charge is 0.329 e. The Bertz CT molecular complexity index is 1190. The van der Waals surface area contributed by atoms with Crippen molar-refractivity contribution in [1.29, 1.82) is 0 Å². The highest BCUT2D eigenvalue weighted by Crippen LogP contribution is 2.28. The van der Waals surface area contributed by atoms with Crippen LogP contribution in [0, 0.1) is 0 Å². The maximum absolute atomic E-state index is 12.7. The van der Waals surface area contributed by atoms with Crippen molar-refractivity contribution in [2.75, 3.05) is 4.72 Å². The van der Waals surface area contributed by atoms with Gasteiger partial charge >= 0.3 is 12.1 Å². The van der Waals surface area contributed by atoms with Gasteiger partial charge < -0.3 is 4.52 Å². The first-order chi connectivity index (χ1) is 14.3. The van der Waals surface area contributed by atoms with Crippen molar-refractivity contribution in [3.05, 3.63) is 71.4 Å². The zero-order valence-electron chi connectivity index (χ0n) is 16.9. The van der Waals surface area contributed by atoms with E-state index >= 15 is 0 Å². The van der Waals surface area contributed by atoms with Gasteiger partial charge in [0.15, 0.2) is 5.82 Å². The normalized spacial score (nSPS) is 13.0. The molecule has 0 amide bonds. The number of anilines is 1. The van der Waals surface area contributed by atoms with Crippen LogP contribution in [0.1, 0.15) is 43.6 Å². The number of rotatable bonds is 5. The van der Waals surface area contributed by atoms with Crippen LogP contribution in [0.25, 0.3) is 12.2 Å². The number of nitrogens with zero attached hydrogens (tertiary/aromatic N) is 2. The van der Waals surface area contributed by atoms with E-state index in [2.05, 4.69) is 40.2 Å². The lowest BCUT2D eigenvalue weighted by Crippen LogP contribution is -2.14. The minimum Gasteiger partial charge on any atom is -0.329 e. The summed E-state index contributed by atoms with van der Waals surface area (Å²) in [6.07, 6.45) is -2.14. The van der Waals surface area contributed by atoms with E-state index in [9.17, 15) is 21.6 Å². The fourth-order valence-corrected chi connectivity index (χ4v) is 3.74. The van der Waals surface area contributed by atoms with Crippen molar-refractivity contribution >= 4 is 27.9 Å². The summed E-state index contributed by atoms with van der Waals surface area (Å²) in [6.45, 7) is 6.18. The molecule has 3 rings (SSSR count). The van der Waals surface area contributed by atoms with Gasteiger partial charge in [-0.15, -0.1) is 0 Å². The van der Waals surface area contributed by atoms with Gasteiger partial charge in [0.2, 0.25) is 0 Å². The van der Waals surface area contributed by atoms with Crippen LogP contribution < -0.4 is 4.72 Å². The van der Waals surface area contributed by atoms with Gasteiger partial charge in [0.05, 0.1) is 4.90 Å². The van der Waals surface area contributed by atoms with Crippen LogP contribution in [0.5, 0.6) is 0 Å². The first kappa shape index (κ1) is 22.5. The molecule has 3 aromatic rings. The Kier molecular flexibility index (Phi) is 5.95. The van der Waals surface area contributed by atoms with Gasteiger partial charge in [-0.25, -0.2) is 8.42 Å². The van der Waals surface area contributed by atoms with Gasteiger partial charge in [0.25, 0.3) is 10.0 Å². The van der Waals surface area contributed by atoms with E-state index in [0.29, 0.717) is 11.3 Å².